The molecule has 0 radical (unpaired) electrons. The Morgan fingerprint density at radius 3 is 2.50 bits per heavy atom. The van der Waals surface area contributed by atoms with Crippen LogP contribution in [-0.4, -0.2) is 23.2 Å². The molecule has 0 aromatic heterocycles. The maximum absolute atomic E-state index is 11.3. The van der Waals surface area contributed by atoms with E-state index < -0.39 is 0 Å². The van der Waals surface area contributed by atoms with Gasteiger partial charge in [-0.1, -0.05) is 19.1 Å². The topological polar surface area (TPSA) is 37.3 Å². The van der Waals surface area contributed by atoms with Gasteiger partial charge in [-0.05, 0) is 12.1 Å². The van der Waals surface area contributed by atoms with Crippen LogP contribution in [0.5, 0.6) is 0 Å². The van der Waals surface area contributed by atoms with Crippen LogP contribution in [0.15, 0.2) is 29.2 Å². The molecular weight excluding hydrogens is 196 g/mol. The zero-order valence-corrected chi connectivity index (χ0v) is 9.01. The van der Waals surface area contributed by atoms with Crippen molar-refractivity contribution in [2.75, 3.05) is 12.4 Å². The summed E-state index contributed by atoms with van der Waals surface area (Å²) in [4.78, 5) is 12.4. The highest BCUT2D eigenvalue weighted by Gasteiger charge is 2.01. The van der Waals surface area contributed by atoms with Gasteiger partial charge in [0.15, 0.2) is 5.78 Å². The lowest BCUT2D eigenvalue weighted by atomic mass is 10.1. The van der Waals surface area contributed by atoms with Crippen molar-refractivity contribution < 1.29 is 9.90 Å². The normalized spacial score (nSPS) is 10.1. The second-order valence-electron chi connectivity index (χ2n) is 2.87. The molecule has 0 bridgehead atoms. The number of carbonyl (C=O) groups is 1. The summed E-state index contributed by atoms with van der Waals surface area (Å²) in [5.74, 6) is 0.866. The summed E-state index contributed by atoms with van der Waals surface area (Å²) in [6.45, 7) is 2.04. The molecule has 76 valence electrons. The maximum atomic E-state index is 11.3. The molecule has 2 nitrogen and oxygen atoms in total. The smallest absolute Gasteiger partial charge is 0.162 e. The van der Waals surface area contributed by atoms with Crippen molar-refractivity contribution in [1.82, 2.24) is 0 Å². The van der Waals surface area contributed by atoms with Gasteiger partial charge in [0.05, 0.1) is 6.61 Å². The number of hydrogen-bond acceptors (Lipinski definition) is 3. The number of benzene rings is 1. The SMILES string of the molecule is CCC(=O)c1ccc(SCCO)cc1. The van der Waals surface area contributed by atoms with Crippen LogP contribution < -0.4 is 0 Å². The Bertz CT molecular complexity index is 293. The Labute approximate surface area is 88.3 Å². The first-order chi connectivity index (χ1) is 6.77. The highest BCUT2D eigenvalue weighted by molar-refractivity contribution is 7.99. The van der Waals surface area contributed by atoms with E-state index in [-0.39, 0.29) is 12.4 Å². The first kappa shape index (κ1) is 11.3. The van der Waals surface area contributed by atoms with Crippen LogP contribution in [0.3, 0.4) is 0 Å². The van der Waals surface area contributed by atoms with Crippen LogP contribution in [0, 0.1) is 0 Å². The predicted molar refractivity (Wildman–Crippen MR) is 58.9 cm³/mol. The van der Waals surface area contributed by atoms with Crippen molar-refractivity contribution in [3.63, 3.8) is 0 Å². The Morgan fingerprint density at radius 2 is 2.00 bits per heavy atom. The Hall–Kier alpha value is -0.800. The number of carbonyl (C=O) groups excluding carboxylic acids is 1. The van der Waals surface area contributed by atoms with Crippen LogP contribution in [0.2, 0.25) is 0 Å². The molecule has 0 heterocycles. The Morgan fingerprint density at radius 1 is 1.36 bits per heavy atom. The summed E-state index contributed by atoms with van der Waals surface area (Å²) in [7, 11) is 0. The molecule has 0 atom stereocenters. The van der Waals surface area contributed by atoms with E-state index in [1.165, 1.54) is 0 Å². The molecule has 0 saturated carbocycles. The van der Waals surface area contributed by atoms with Gasteiger partial charge in [0.2, 0.25) is 0 Å². The van der Waals surface area contributed by atoms with Crippen LogP contribution >= 0.6 is 11.8 Å². The average Bonchev–Trinajstić information content (AvgIpc) is 2.26. The number of aliphatic hydroxyl groups excluding tert-OH is 1. The van der Waals surface area contributed by atoms with Crippen molar-refractivity contribution in [2.45, 2.75) is 18.2 Å². The van der Waals surface area contributed by atoms with E-state index in [1.807, 2.05) is 31.2 Å². The molecule has 0 fully saturated rings. The van der Waals surface area contributed by atoms with Crippen molar-refractivity contribution >= 4 is 17.5 Å². The van der Waals surface area contributed by atoms with E-state index in [0.29, 0.717) is 12.2 Å². The third kappa shape index (κ3) is 3.16. The van der Waals surface area contributed by atoms with Gasteiger partial charge in [0, 0.05) is 22.6 Å². The first-order valence-corrected chi connectivity index (χ1v) is 5.63. The van der Waals surface area contributed by atoms with Crippen molar-refractivity contribution in [2.24, 2.45) is 0 Å². The van der Waals surface area contributed by atoms with Crippen molar-refractivity contribution in [1.29, 1.82) is 0 Å². The van der Waals surface area contributed by atoms with E-state index in [9.17, 15) is 4.79 Å². The van der Waals surface area contributed by atoms with Gasteiger partial charge in [-0.2, -0.15) is 0 Å². The Balaban J connectivity index is 2.63. The molecule has 1 aromatic rings. The lowest BCUT2D eigenvalue weighted by Crippen LogP contribution is -1.95. The molecule has 0 amide bonds. The molecule has 0 aliphatic carbocycles. The minimum Gasteiger partial charge on any atom is -0.396 e. The van der Waals surface area contributed by atoms with Crippen LogP contribution in [-0.2, 0) is 0 Å². The summed E-state index contributed by atoms with van der Waals surface area (Å²) in [5.41, 5.74) is 0.765. The van der Waals surface area contributed by atoms with Gasteiger partial charge < -0.3 is 5.11 Å². The predicted octanol–water partition coefficient (Wildman–Crippen LogP) is 2.36. The molecule has 0 saturated heterocycles. The number of thioether (sulfide) groups is 1. The van der Waals surface area contributed by atoms with Gasteiger partial charge in [0.1, 0.15) is 0 Å². The van der Waals surface area contributed by atoms with E-state index in [4.69, 9.17) is 5.11 Å². The number of rotatable bonds is 5. The van der Waals surface area contributed by atoms with E-state index in [1.54, 1.807) is 11.8 Å². The molecule has 14 heavy (non-hydrogen) atoms. The zero-order valence-electron chi connectivity index (χ0n) is 8.19. The fraction of sp³-hybridized carbons (Fsp3) is 0.364. The standard InChI is InChI=1S/C11H14O2S/c1-2-11(13)9-3-5-10(6-4-9)14-8-7-12/h3-6,12H,2,7-8H2,1H3. The molecule has 1 N–H and O–H groups in total. The fourth-order valence-electron chi connectivity index (χ4n) is 1.10. The van der Waals surface area contributed by atoms with E-state index in [0.717, 1.165) is 10.5 Å². The molecule has 1 aromatic carbocycles. The minimum atomic E-state index is 0.170. The summed E-state index contributed by atoms with van der Waals surface area (Å²) in [6.07, 6.45) is 0.545. The van der Waals surface area contributed by atoms with Gasteiger partial charge >= 0.3 is 0 Å². The monoisotopic (exact) mass is 210 g/mol. The number of aliphatic hydroxyl groups is 1. The van der Waals surface area contributed by atoms with Gasteiger partial charge in [-0.15, -0.1) is 11.8 Å². The van der Waals surface area contributed by atoms with Crippen LogP contribution in [0.25, 0.3) is 0 Å². The molecule has 1 rings (SSSR count). The molecule has 0 spiro atoms. The summed E-state index contributed by atoms with van der Waals surface area (Å²) < 4.78 is 0. The fourth-order valence-corrected chi connectivity index (χ4v) is 1.76. The molecule has 0 unspecified atom stereocenters. The Kier molecular flexibility index (Phi) is 4.70. The first-order valence-electron chi connectivity index (χ1n) is 4.65. The highest BCUT2D eigenvalue weighted by atomic mass is 32.2. The maximum Gasteiger partial charge on any atom is 0.162 e. The summed E-state index contributed by atoms with van der Waals surface area (Å²) >= 11 is 1.59. The molecule has 0 aliphatic heterocycles. The third-order valence-electron chi connectivity index (χ3n) is 1.86. The largest absolute Gasteiger partial charge is 0.396 e. The lowest BCUT2D eigenvalue weighted by Gasteiger charge is -2.01. The molecular formula is C11H14O2S. The highest BCUT2D eigenvalue weighted by Crippen LogP contribution is 2.18. The number of hydrogen-bond donors (Lipinski definition) is 1. The van der Waals surface area contributed by atoms with Crippen molar-refractivity contribution in [3.05, 3.63) is 29.8 Å². The third-order valence-corrected chi connectivity index (χ3v) is 2.85. The summed E-state index contributed by atoms with van der Waals surface area (Å²) in [6, 6.07) is 7.52. The van der Waals surface area contributed by atoms with Crippen LogP contribution in [0.1, 0.15) is 23.7 Å². The van der Waals surface area contributed by atoms with Gasteiger partial charge in [0.25, 0.3) is 0 Å². The van der Waals surface area contributed by atoms with E-state index >= 15 is 0 Å². The number of ketones is 1. The second kappa shape index (κ2) is 5.83. The minimum absolute atomic E-state index is 0.170. The average molecular weight is 210 g/mol. The van der Waals surface area contributed by atoms with Crippen molar-refractivity contribution in [3.8, 4) is 0 Å². The van der Waals surface area contributed by atoms with Gasteiger partial charge in [-0.25, -0.2) is 0 Å². The van der Waals surface area contributed by atoms with Gasteiger partial charge in [-0.3, -0.25) is 4.79 Å². The summed E-state index contributed by atoms with van der Waals surface area (Å²) in [5, 5.41) is 8.63. The lowest BCUT2D eigenvalue weighted by molar-refractivity contribution is 0.0988. The number of Topliss-reactive ketones (excluding diaryl/α,β-unsaturated/α-hetero) is 1. The van der Waals surface area contributed by atoms with E-state index in [2.05, 4.69) is 0 Å². The second-order valence-corrected chi connectivity index (χ2v) is 4.04. The quantitative estimate of drug-likeness (QED) is 0.599. The molecule has 3 heteroatoms. The zero-order chi connectivity index (χ0) is 10.4. The van der Waals surface area contributed by atoms with Crippen LogP contribution in [0.4, 0.5) is 0 Å². The molecule has 0 aliphatic rings.